The van der Waals surface area contributed by atoms with Gasteiger partial charge in [0.1, 0.15) is 0 Å². The Kier molecular flexibility index (Phi) is 5.03. The number of rotatable bonds is 2. The van der Waals surface area contributed by atoms with Gasteiger partial charge in [-0.15, -0.1) is 0 Å². The molecule has 148 valence electrons. The number of benzene rings is 1. The van der Waals surface area contributed by atoms with Gasteiger partial charge in [-0.2, -0.15) is 13.2 Å². The van der Waals surface area contributed by atoms with Gasteiger partial charge >= 0.3 is 6.18 Å². The molecule has 0 bridgehead atoms. The highest BCUT2D eigenvalue weighted by molar-refractivity contribution is 6.34. The van der Waals surface area contributed by atoms with Gasteiger partial charge in [-0.25, -0.2) is 5.43 Å². The lowest BCUT2D eigenvalue weighted by atomic mass is 9.84. The monoisotopic (exact) mass is 410 g/mol. The number of pyridine rings is 1. The minimum absolute atomic E-state index is 0.00696. The summed E-state index contributed by atoms with van der Waals surface area (Å²) in [5, 5.41) is -0.548. The largest absolute Gasteiger partial charge is 0.417 e. The third-order valence-corrected chi connectivity index (χ3v) is 5.79. The number of likely N-dealkylation sites (tertiary alicyclic amines) is 1. The van der Waals surface area contributed by atoms with Gasteiger partial charge in [0, 0.05) is 31.5 Å². The number of alkyl halides is 3. The summed E-state index contributed by atoms with van der Waals surface area (Å²) in [6.07, 6.45) is -0.369. The highest BCUT2D eigenvalue weighted by Crippen LogP contribution is 2.38. The fourth-order valence-corrected chi connectivity index (χ4v) is 4.30. The number of nitrogens with one attached hydrogen (secondary N) is 2. The van der Waals surface area contributed by atoms with Crippen LogP contribution in [0.1, 0.15) is 33.9 Å². The molecule has 1 aromatic carbocycles. The molecule has 2 aliphatic heterocycles. The van der Waals surface area contributed by atoms with Crippen LogP contribution in [0.15, 0.2) is 42.7 Å². The quantitative estimate of drug-likeness (QED) is 0.796. The Morgan fingerprint density at radius 3 is 2.75 bits per heavy atom. The second-order valence-electron chi connectivity index (χ2n) is 7.03. The van der Waals surface area contributed by atoms with Crippen molar-refractivity contribution in [3.63, 3.8) is 0 Å². The summed E-state index contributed by atoms with van der Waals surface area (Å²) in [6, 6.07) is 7.37. The zero-order valence-corrected chi connectivity index (χ0v) is 15.5. The van der Waals surface area contributed by atoms with Crippen molar-refractivity contribution in [3.05, 3.63) is 64.4 Å². The molecule has 3 unspecified atom stereocenters. The Bertz CT molecular complexity index is 877. The lowest BCUT2D eigenvalue weighted by Crippen LogP contribution is -2.49. The van der Waals surface area contributed by atoms with E-state index in [1.807, 2.05) is 18.3 Å². The summed E-state index contributed by atoms with van der Waals surface area (Å²) in [5.41, 5.74) is 6.41. The summed E-state index contributed by atoms with van der Waals surface area (Å²) in [4.78, 5) is 18.6. The third kappa shape index (κ3) is 3.47. The average Bonchev–Trinajstić information content (AvgIpc) is 3.10. The van der Waals surface area contributed by atoms with Gasteiger partial charge in [-0.05, 0) is 36.1 Å². The van der Waals surface area contributed by atoms with E-state index in [1.165, 1.54) is 12.1 Å². The van der Waals surface area contributed by atoms with Gasteiger partial charge in [-0.3, -0.25) is 15.2 Å². The second-order valence-corrected chi connectivity index (χ2v) is 7.41. The molecule has 1 amide bonds. The van der Waals surface area contributed by atoms with Gasteiger partial charge in [-0.1, -0.05) is 23.7 Å². The van der Waals surface area contributed by atoms with Crippen molar-refractivity contribution in [1.82, 2.24) is 20.7 Å². The van der Waals surface area contributed by atoms with E-state index in [9.17, 15) is 18.0 Å². The van der Waals surface area contributed by atoms with E-state index in [2.05, 4.69) is 15.8 Å². The molecule has 28 heavy (non-hydrogen) atoms. The lowest BCUT2D eigenvalue weighted by molar-refractivity contribution is -0.137. The molecule has 2 N–H and O–H groups in total. The molecule has 2 aliphatic rings. The number of hydrogen-bond donors (Lipinski definition) is 2. The first-order chi connectivity index (χ1) is 13.4. The van der Waals surface area contributed by atoms with Crippen LogP contribution in [0.3, 0.4) is 0 Å². The highest BCUT2D eigenvalue weighted by Gasteiger charge is 2.42. The molecule has 9 heteroatoms. The number of amides is 1. The number of piperidine rings is 1. The zero-order valence-electron chi connectivity index (χ0n) is 14.7. The fourth-order valence-electron chi connectivity index (χ4n) is 3.99. The maximum absolute atomic E-state index is 13.1. The SMILES string of the molecule is O=C(c1cccc(C(F)(F)F)c1Cl)N1CCC2C(C1)NNC2c1cccnc1. The molecule has 5 nitrogen and oxygen atoms in total. The third-order valence-electron chi connectivity index (χ3n) is 5.38. The maximum Gasteiger partial charge on any atom is 0.417 e. The first-order valence-electron chi connectivity index (χ1n) is 8.92. The van der Waals surface area contributed by atoms with Crippen LogP contribution in [0.4, 0.5) is 13.2 Å². The van der Waals surface area contributed by atoms with Crippen molar-refractivity contribution in [2.75, 3.05) is 13.1 Å². The molecule has 2 fully saturated rings. The summed E-state index contributed by atoms with van der Waals surface area (Å²) in [6.45, 7) is 0.840. The average molecular weight is 411 g/mol. The highest BCUT2D eigenvalue weighted by atomic mass is 35.5. The number of nitrogens with zero attached hydrogens (tertiary/aromatic N) is 2. The lowest BCUT2D eigenvalue weighted by Gasteiger charge is -2.36. The molecule has 3 atom stereocenters. The van der Waals surface area contributed by atoms with Crippen molar-refractivity contribution in [2.45, 2.75) is 24.7 Å². The molecule has 2 aromatic rings. The van der Waals surface area contributed by atoms with E-state index in [4.69, 9.17) is 11.6 Å². The minimum atomic E-state index is -4.60. The number of carbonyl (C=O) groups is 1. The van der Waals surface area contributed by atoms with Crippen LogP contribution in [0.25, 0.3) is 0 Å². The van der Waals surface area contributed by atoms with Crippen molar-refractivity contribution >= 4 is 17.5 Å². The summed E-state index contributed by atoms with van der Waals surface area (Å²) >= 11 is 5.92. The molecule has 0 saturated carbocycles. The Morgan fingerprint density at radius 1 is 1.21 bits per heavy atom. The molecular formula is C19H18ClF3N4O. The van der Waals surface area contributed by atoms with Crippen LogP contribution in [0, 0.1) is 5.92 Å². The van der Waals surface area contributed by atoms with Crippen molar-refractivity contribution in [3.8, 4) is 0 Å². The standard InChI is InChI=1S/C19H18ClF3N4O/c20-16-13(4-1-5-14(16)19(21,22)23)18(28)27-8-6-12-15(10-27)25-26-17(12)11-3-2-7-24-9-11/h1-5,7,9,12,15,17,25-26H,6,8,10H2. The van der Waals surface area contributed by atoms with Gasteiger partial charge in [0.05, 0.1) is 22.2 Å². The van der Waals surface area contributed by atoms with E-state index < -0.39 is 22.7 Å². The number of fused-ring (bicyclic) bond motifs is 1. The maximum atomic E-state index is 13.1. The van der Waals surface area contributed by atoms with Crippen LogP contribution in [-0.2, 0) is 6.18 Å². The second kappa shape index (κ2) is 7.35. The molecular weight excluding hydrogens is 393 g/mol. The first kappa shape index (κ1) is 19.2. The van der Waals surface area contributed by atoms with Crippen LogP contribution in [0.2, 0.25) is 5.02 Å². The Morgan fingerprint density at radius 2 is 2.04 bits per heavy atom. The minimum Gasteiger partial charge on any atom is -0.337 e. The Labute approximate surface area is 164 Å². The molecule has 0 aliphatic carbocycles. The number of carbonyl (C=O) groups excluding carboxylic acids is 1. The molecule has 4 rings (SSSR count). The van der Waals surface area contributed by atoms with E-state index in [-0.39, 0.29) is 23.6 Å². The van der Waals surface area contributed by atoms with Crippen molar-refractivity contribution in [1.29, 1.82) is 0 Å². The zero-order chi connectivity index (χ0) is 19.9. The van der Waals surface area contributed by atoms with Crippen LogP contribution in [-0.4, -0.2) is 34.9 Å². The Balaban J connectivity index is 1.51. The summed E-state index contributed by atoms with van der Waals surface area (Å²) in [7, 11) is 0. The molecule has 3 heterocycles. The van der Waals surface area contributed by atoms with Crippen LogP contribution >= 0.6 is 11.6 Å². The van der Waals surface area contributed by atoms with E-state index in [0.717, 1.165) is 11.6 Å². The Hall–Kier alpha value is -2.16. The normalized spacial score (nSPS) is 24.9. The number of hydrogen-bond acceptors (Lipinski definition) is 4. The van der Waals surface area contributed by atoms with Crippen LogP contribution in [0.5, 0.6) is 0 Å². The molecule has 0 spiro atoms. The fraction of sp³-hybridized carbons (Fsp3) is 0.368. The summed E-state index contributed by atoms with van der Waals surface area (Å²) < 4.78 is 39.2. The van der Waals surface area contributed by atoms with Gasteiger partial charge in [0.2, 0.25) is 0 Å². The van der Waals surface area contributed by atoms with E-state index in [1.54, 1.807) is 11.1 Å². The van der Waals surface area contributed by atoms with Gasteiger partial charge in [0.25, 0.3) is 5.91 Å². The van der Waals surface area contributed by atoms with Gasteiger partial charge in [0.15, 0.2) is 0 Å². The predicted molar refractivity (Wildman–Crippen MR) is 97.5 cm³/mol. The predicted octanol–water partition coefficient (Wildman–Crippen LogP) is 3.43. The summed E-state index contributed by atoms with van der Waals surface area (Å²) in [5.74, 6) is -0.230. The topological polar surface area (TPSA) is 57.3 Å². The first-order valence-corrected chi connectivity index (χ1v) is 9.30. The number of halogens is 4. The number of hydrazine groups is 1. The van der Waals surface area contributed by atoms with Gasteiger partial charge < -0.3 is 4.90 Å². The van der Waals surface area contributed by atoms with Crippen molar-refractivity contribution < 1.29 is 18.0 Å². The number of aromatic nitrogens is 1. The molecule has 1 aromatic heterocycles. The smallest absolute Gasteiger partial charge is 0.337 e. The van der Waals surface area contributed by atoms with E-state index in [0.29, 0.717) is 19.5 Å². The van der Waals surface area contributed by atoms with Crippen molar-refractivity contribution in [2.24, 2.45) is 5.92 Å². The van der Waals surface area contributed by atoms with E-state index >= 15 is 0 Å². The molecule has 2 saturated heterocycles. The molecule has 0 radical (unpaired) electrons. The van der Waals surface area contributed by atoms with Crippen LogP contribution < -0.4 is 10.9 Å².